The fourth-order valence-corrected chi connectivity index (χ4v) is 3.11. The number of benzene rings is 2. The number of nitrogens with zero attached hydrogens (tertiary/aromatic N) is 1. The summed E-state index contributed by atoms with van der Waals surface area (Å²) in [5.74, 6) is -1.84. The predicted molar refractivity (Wildman–Crippen MR) is 116 cm³/mol. The summed E-state index contributed by atoms with van der Waals surface area (Å²) in [6, 6.07) is 16.5. The van der Waals surface area contributed by atoms with Gasteiger partial charge in [-0.3, -0.25) is 9.59 Å². The Balaban J connectivity index is 1.56. The van der Waals surface area contributed by atoms with Gasteiger partial charge in [0.05, 0.1) is 5.71 Å². The van der Waals surface area contributed by atoms with Crippen LogP contribution in [-0.4, -0.2) is 23.5 Å². The summed E-state index contributed by atoms with van der Waals surface area (Å²) < 4.78 is 5.29. The second-order valence-electron chi connectivity index (χ2n) is 5.99. The average molecular weight is 442 g/mol. The summed E-state index contributed by atoms with van der Waals surface area (Å²) in [4.78, 5) is 36.3. The van der Waals surface area contributed by atoms with Gasteiger partial charge in [0.2, 0.25) is 0 Å². The normalized spacial score (nSPS) is 10.9. The van der Waals surface area contributed by atoms with E-state index in [1.54, 1.807) is 66.9 Å². The lowest BCUT2D eigenvalue weighted by Crippen LogP contribution is -2.32. The quantitative estimate of drug-likeness (QED) is 0.205. The molecule has 2 amide bonds. The molecule has 0 atom stereocenters. The van der Waals surface area contributed by atoms with E-state index in [2.05, 4.69) is 15.8 Å². The highest BCUT2D eigenvalue weighted by atomic mass is 35.5. The van der Waals surface area contributed by atoms with Gasteiger partial charge in [0.15, 0.2) is 0 Å². The van der Waals surface area contributed by atoms with E-state index in [9.17, 15) is 14.4 Å². The molecular weight excluding hydrogens is 426 g/mol. The van der Waals surface area contributed by atoms with Crippen LogP contribution < -0.4 is 15.5 Å². The van der Waals surface area contributed by atoms with E-state index in [0.717, 1.165) is 0 Å². The van der Waals surface area contributed by atoms with Gasteiger partial charge in [0.25, 0.3) is 0 Å². The van der Waals surface area contributed by atoms with Gasteiger partial charge in [-0.05, 0) is 66.4 Å². The van der Waals surface area contributed by atoms with E-state index in [0.29, 0.717) is 32.6 Å². The maximum Gasteiger partial charge on any atom is 0.353 e. The Kier molecular flexibility index (Phi) is 6.95. The predicted octanol–water partition coefficient (Wildman–Crippen LogP) is 4.10. The van der Waals surface area contributed by atoms with Crippen LogP contribution in [0.2, 0.25) is 5.02 Å². The largest absolute Gasteiger partial charge is 0.422 e. The lowest BCUT2D eigenvalue weighted by Gasteiger charge is -2.06. The highest BCUT2D eigenvalue weighted by Gasteiger charge is 2.14. The standard InChI is InChI=1S/C21H16ClN3O4S/c1-13(24-25-20(27)19(26)23-16-5-2-4-15(22)12-16)14-7-9-17(10-8-14)29-21(28)18-6-3-11-30-18/h2-12H,1H3,(H,23,26)(H,25,27)/b24-13+. The molecule has 0 spiro atoms. The van der Waals surface area contributed by atoms with Crippen molar-refractivity contribution in [1.82, 2.24) is 5.43 Å². The van der Waals surface area contributed by atoms with Gasteiger partial charge in [0, 0.05) is 10.7 Å². The van der Waals surface area contributed by atoms with Crippen molar-refractivity contribution in [2.45, 2.75) is 6.92 Å². The fraction of sp³-hybridized carbons (Fsp3) is 0.0476. The van der Waals surface area contributed by atoms with E-state index in [1.807, 2.05) is 0 Å². The number of hydrogen-bond acceptors (Lipinski definition) is 6. The molecule has 9 heteroatoms. The third kappa shape index (κ3) is 5.76. The molecule has 0 radical (unpaired) electrons. The molecule has 3 aromatic rings. The van der Waals surface area contributed by atoms with E-state index >= 15 is 0 Å². The van der Waals surface area contributed by atoms with Crippen molar-refractivity contribution >= 4 is 52.1 Å². The number of hydrazone groups is 1. The summed E-state index contributed by atoms with van der Waals surface area (Å²) in [6.45, 7) is 1.67. The second-order valence-corrected chi connectivity index (χ2v) is 7.38. The van der Waals surface area contributed by atoms with Crippen molar-refractivity contribution in [3.05, 3.63) is 81.5 Å². The van der Waals surface area contributed by atoms with E-state index in [-0.39, 0.29) is 0 Å². The number of ether oxygens (including phenoxy) is 1. The first-order chi connectivity index (χ1) is 14.4. The molecule has 0 bridgehead atoms. The number of halogens is 1. The number of thiophene rings is 1. The molecule has 2 aromatic carbocycles. The SMILES string of the molecule is C/C(=N\NC(=O)C(=O)Nc1cccc(Cl)c1)c1ccc(OC(=O)c2cccs2)cc1. The maximum atomic E-state index is 12.0. The molecule has 0 aliphatic carbocycles. The molecule has 3 rings (SSSR count). The van der Waals surface area contributed by atoms with Crippen molar-refractivity contribution in [2.75, 3.05) is 5.32 Å². The maximum absolute atomic E-state index is 12.0. The number of rotatable bonds is 5. The van der Waals surface area contributed by atoms with Crippen LogP contribution in [0.3, 0.4) is 0 Å². The first-order valence-corrected chi connectivity index (χ1v) is 9.95. The zero-order valence-electron chi connectivity index (χ0n) is 15.7. The van der Waals surface area contributed by atoms with Crippen LogP contribution in [0.25, 0.3) is 0 Å². The summed E-state index contributed by atoms with van der Waals surface area (Å²) in [6.07, 6.45) is 0. The van der Waals surface area contributed by atoms with Crippen LogP contribution in [-0.2, 0) is 9.59 Å². The van der Waals surface area contributed by atoms with Gasteiger partial charge < -0.3 is 10.1 Å². The van der Waals surface area contributed by atoms with Crippen LogP contribution in [0.1, 0.15) is 22.2 Å². The second kappa shape index (κ2) is 9.82. The van der Waals surface area contributed by atoms with E-state index < -0.39 is 17.8 Å². The number of carbonyl (C=O) groups is 3. The number of nitrogens with one attached hydrogen (secondary N) is 2. The molecule has 7 nitrogen and oxygen atoms in total. The smallest absolute Gasteiger partial charge is 0.353 e. The topological polar surface area (TPSA) is 96.9 Å². The van der Waals surface area contributed by atoms with Gasteiger partial charge >= 0.3 is 17.8 Å². The highest BCUT2D eigenvalue weighted by molar-refractivity contribution is 7.12. The number of amides is 2. The minimum absolute atomic E-state index is 0.384. The van der Waals surface area contributed by atoms with Gasteiger partial charge in [-0.25, -0.2) is 10.2 Å². The lowest BCUT2D eigenvalue weighted by atomic mass is 10.1. The fourth-order valence-electron chi connectivity index (χ4n) is 2.32. The summed E-state index contributed by atoms with van der Waals surface area (Å²) >= 11 is 7.14. The molecule has 0 unspecified atom stereocenters. The molecule has 0 aliphatic rings. The van der Waals surface area contributed by atoms with Gasteiger partial charge in [-0.15, -0.1) is 11.3 Å². The molecule has 0 saturated heterocycles. The minimum Gasteiger partial charge on any atom is -0.422 e. The van der Waals surface area contributed by atoms with Crippen molar-refractivity contribution < 1.29 is 19.1 Å². The molecule has 152 valence electrons. The van der Waals surface area contributed by atoms with Crippen LogP contribution in [0, 0.1) is 0 Å². The minimum atomic E-state index is -0.921. The first kappa shape index (κ1) is 21.2. The van der Waals surface area contributed by atoms with Gasteiger partial charge in [-0.1, -0.05) is 23.7 Å². The molecular formula is C21H16ClN3O4S. The Bertz CT molecular complexity index is 1100. The summed E-state index contributed by atoms with van der Waals surface area (Å²) in [5.41, 5.74) is 3.75. The molecule has 1 heterocycles. The molecule has 30 heavy (non-hydrogen) atoms. The molecule has 1 aromatic heterocycles. The Morgan fingerprint density at radius 2 is 1.77 bits per heavy atom. The number of anilines is 1. The molecule has 2 N–H and O–H groups in total. The molecule has 0 aliphatic heterocycles. The highest BCUT2D eigenvalue weighted by Crippen LogP contribution is 2.17. The summed E-state index contributed by atoms with van der Waals surface area (Å²) in [7, 11) is 0. The van der Waals surface area contributed by atoms with Crippen molar-refractivity contribution in [3.63, 3.8) is 0 Å². The average Bonchev–Trinajstić information content (AvgIpc) is 3.27. The third-order valence-electron chi connectivity index (χ3n) is 3.82. The van der Waals surface area contributed by atoms with Gasteiger partial charge in [0.1, 0.15) is 10.6 Å². The zero-order valence-corrected chi connectivity index (χ0v) is 17.3. The molecule has 0 saturated carbocycles. The molecule has 0 fully saturated rings. The Hall–Kier alpha value is -3.49. The van der Waals surface area contributed by atoms with E-state index in [1.165, 1.54) is 17.4 Å². The van der Waals surface area contributed by atoms with Crippen molar-refractivity contribution in [1.29, 1.82) is 0 Å². The van der Waals surface area contributed by atoms with Crippen molar-refractivity contribution in [3.8, 4) is 5.75 Å². The monoisotopic (exact) mass is 441 g/mol. The van der Waals surface area contributed by atoms with E-state index in [4.69, 9.17) is 16.3 Å². The van der Waals surface area contributed by atoms with Crippen molar-refractivity contribution in [2.24, 2.45) is 5.10 Å². The third-order valence-corrected chi connectivity index (χ3v) is 4.90. The van der Waals surface area contributed by atoms with Crippen LogP contribution in [0.15, 0.2) is 71.1 Å². The number of carbonyl (C=O) groups excluding carboxylic acids is 3. The van der Waals surface area contributed by atoms with Gasteiger partial charge in [-0.2, -0.15) is 5.10 Å². The Morgan fingerprint density at radius 3 is 2.43 bits per heavy atom. The zero-order chi connectivity index (χ0) is 21.5. The summed E-state index contributed by atoms with van der Waals surface area (Å²) in [5, 5.41) is 8.59. The van der Waals surface area contributed by atoms with Crippen LogP contribution >= 0.6 is 22.9 Å². The lowest BCUT2D eigenvalue weighted by molar-refractivity contribution is -0.136. The van der Waals surface area contributed by atoms with Crippen LogP contribution in [0.4, 0.5) is 5.69 Å². The number of hydrogen-bond donors (Lipinski definition) is 2. The Morgan fingerprint density at radius 1 is 1.00 bits per heavy atom. The Labute approximate surface area is 181 Å². The first-order valence-electron chi connectivity index (χ1n) is 8.69. The number of esters is 1. The van der Waals surface area contributed by atoms with Crippen LogP contribution in [0.5, 0.6) is 5.75 Å².